The minimum absolute atomic E-state index is 0.0200. The van der Waals surface area contributed by atoms with E-state index in [0.29, 0.717) is 24.3 Å². The second-order valence-corrected chi connectivity index (χ2v) is 8.39. The number of ether oxygens (including phenoxy) is 1. The van der Waals surface area contributed by atoms with Crippen LogP contribution in [0.3, 0.4) is 0 Å². The molecule has 0 bridgehead atoms. The van der Waals surface area contributed by atoms with Gasteiger partial charge in [-0.3, -0.25) is 4.79 Å². The van der Waals surface area contributed by atoms with E-state index in [9.17, 15) is 18.0 Å². The number of rotatable bonds is 6. The number of hydrogen-bond acceptors (Lipinski definition) is 6. The molecular formula is C20H19N3O5S. The first-order valence-electron chi connectivity index (χ1n) is 8.97. The van der Waals surface area contributed by atoms with Gasteiger partial charge in [-0.25, -0.2) is 13.2 Å². The maximum atomic E-state index is 12.6. The van der Waals surface area contributed by atoms with Gasteiger partial charge in [-0.1, -0.05) is 12.1 Å². The zero-order valence-corrected chi connectivity index (χ0v) is 16.3. The largest absolute Gasteiger partial charge is 0.452 e. The molecule has 1 fully saturated rings. The Labute approximate surface area is 168 Å². The highest BCUT2D eigenvalue weighted by molar-refractivity contribution is 7.89. The molecule has 1 amide bonds. The fourth-order valence-corrected chi connectivity index (χ4v) is 4.50. The summed E-state index contributed by atoms with van der Waals surface area (Å²) in [6.07, 6.45) is 1.63. The Morgan fingerprint density at radius 2 is 1.83 bits per heavy atom. The smallest absolute Gasteiger partial charge is 0.338 e. The SMILES string of the molecule is N#Cc1cccc(NC(=O)COC(=O)c2cccc(S(=O)(=O)N3CCCC3)c2)c1. The number of sulfonamides is 1. The van der Waals surface area contributed by atoms with E-state index in [1.165, 1.54) is 34.6 Å². The fourth-order valence-electron chi connectivity index (χ4n) is 2.94. The first kappa shape index (κ1) is 20.5. The topological polar surface area (TPSA) is 117 Å². The molecule has 1 aliphatic rings. The van der Waals surface area contributed by atoms with Crippen LogP contribution in [0.1, 0.15) is 28.8 Å². The fraction of sp³-hybridized carbons (Fsp3) is 0.250. The van der Waals surface area contributed by atoms with Gasteiger partial charge in [0.15, 0.2) is 6.61 Å². The van der Waals surface area contributed by atoms with E-state index in [2.05, 4.69) is 5.32 Å². The van der Waals surface area contributed by atoms with E-state index in [1.54, 1.807) is 18.2 Å². The van der Waals surface area contributed by atoms with Gasteiger partial charge in [-0.15, -0.1) is 0 Å². The van der Waals surface area contributed by atoms with Crippen LogP contribution in [0.2, 0.25) is 0 Å². The van der Waals surface area contributed by atoms with Gasteiger partial charge < -0.3 is 10.1 Å². The van der Waals surface area contributed by atoms with Crippen LogP contribution in [0.25, 0.3) is 0 Å². The molecule has 8 nitrogen and oxygen atoms in total. The Hall–Kier alpha value is -3.22. The van der Waals surface area contributed by atoms with Gasteiger partial charge in [0.1, 0.15) is 0 Å². The van der Waals surface area contributed by atoms with Crippen LogP contribution in [0, 0.1) is 11.3 Å². The predicted octanol–water partition coefficient (Wildman–Crippen LogP) is 2.14. The lowest BCUT2D eigenvalue weighted by Crippen LogP contribution is -2.28. The van der Waals surface area contributed by atoms with Crippen molar-refractivity contribution in [3.63, 3.8) is 0 Å². The number of hydrogen-bond donors (Lipinski definition) is 1. The van der Waals surface area contributed by atoms with Crippen molar-refractivity contribution in [2.24, 2.45) is 0 Å². The molecule has 29 heavy (non-hydrogen) atoms. The highest BCUT2D eigenvalue weighted by atomic mass is 32.2. The molecule has 1 saturated heterocycles. The molecule has 2 aromatic carbocycles. The molecule has 0 atom stereocenters. The first-order chi connectivity index (χ1) is 13.9. The summed E-state index contributed by atoms with van der Waals surface area (Å²) in [4.78, 5) is 24.2. The van der Waals surface area contributed by atoms with Crippen molar-refractivity contribution in [2.75, 3.05) is 25.0 Å². The van der Waals surface area contributed by atoms with E-state index in [1.807, 2.05) is 6.07 Å². The number of esters is 1. The summed E-state index contributed by atoms with van der Waals surface area (Å²) in [6.45, 7) is 0.382. The molecule has 0 spiro atoms. The zero-order chi connectivity index (χ0) is 20.9. The van der Waals surface area contributed by atoms with Crippen LogP contribution in [0.15, 0.2) is 53.4 Å². The van der Waals surface area contributed by atoms with Crippen LogP contribution in [0.5, 0.6) is 0 Å². The van der Waals surface area contributed by atoms with Crippen LogP contribution in [-0.4, -0.2) is 44.3 Å². The number of carbonyl (C=O) groups excluding carboxylic acids is 2. The lowest BCUT2D eigenvalue weighted by molar-refractivity contribution is -0.119. The third-order valence-electron chi connectivity index (χ3n) is 4.38. The van der Waals surface area contributed by atoms with Gasteiger partial charge >= 0.3 is 5.97 Å². The van der Waals surface area contributed by atoms with E-state index in [0.717, 1.165) is 12.8 Å². The highest BCUT2D eigenvalue weighted by Crippen LogP contribution is 2.21. The van der Waals surface area contributed by atoms with Crippen LogP contribution >= 0.6 is 0 Å². The van der Waals surface area contributed by atoms with Crippen LogP contribution in [-0.2, 0) is 19.6 Å². The maximum Gasteiger partial charge on any atom is 0.338 e. The lowest BCUT2D eigenvalue weighted by Gasteiger charge is -2.15. The van der Waals surface area contributed by atoms with E-state index in [-0.39, 0.29) is 10.5 Å². The molecule has 1 N–H and O–H groups in total. The van der Waals surface area contributed by atoms with E-state index < -0.39 is 28.5 Å². The molecule has 0 aliphatic carbocycles. The Bertz CT molecular complexity index is 1070. The number of carbonyl (C=O) groups is 2. The average Bonchev–Trinajstić information content (AvgIpc) is 3.28. The quantitative estimate of drug-likeness (QED) is 0.725. The molecule has 150 valence electrons. The summed E-state index contributed by atoms with van der Waals surface area (Å²) in [5.74, 6) is -1.38. The van der Waals surface area contributed by atoms with Crippen molar-refractivity contribution in [1.29, 1.82) is 5.26 Å². The van der Waals surface area contributed by atoms with Gasteiger partial charge in [0, 0.05) is 18.8 Å². The van der Waals surface area contributed by atoms with Crippen molar-refractivity contribution in [3.05, 3.63) is 59.7 Å². The summed E-state index contributed by atoms with van der Waals surface area (Å²) in [7, 11) is -3.65. The van der Waals surface area contributed by atoms with Crippen LogP contribution < -0.4 is 5.32 Å². The molecule has 0 radical (unpaired) electrons. The summed E-state index contributed by atoms with van der Waals surface area (Å²) in [5, 5.41) is 11.4. The molecule has 1 aliphatic heterocycles. The number of anilines is 1. The number of nitrogens with one attached hydrogen (secondary N) is 1. The molecule has 2 aromatic rings. The summed E-state index contributed by atoms with van der Waals surface area (Å²) in [6, 6.07) is 13.9. The first-order valence-corrected chi connectivity index (χ1v) is 10.4. The van der Waals surface area contributed by atoms with Crippen molar-refractivity contribution >= 4 is 27.6 Å². The number of benzene rings is 2. The van der Waals surface area contributed by atoms with Gasteiger partial charge in [-0.05, 0) is 49.2 Å². The number of amides is 1. The van der Waals surface area contributed by atoms with Gasteiger partial charge in [-0.2, -0.15) is 9.57 Å². The molecule has 1 heterocycles. The minimum Gasteiger partial charge on any atom is -0.452 e. The Morgan fingerprint density at radius 1 is 1.10 bits per heavy atom. The van der Waals surface area contributed by atoms with Crippen molar-refractivity contribution in [3.8, 4) is 6.07 Å². The Kier molecular flexibility index (Phi) is 6.26. The third kappa shape index (κ3) is 4.99. The average molecular weight is 413 g/mol. The molecule has 0 aromatic heterocycles. The summed E-state index contributed by atoms with van der Waals surface area (Å²) in [5.41, 5.74) is 0.837. The lowest BCUT2D eigenvalue weighted by atomic mass is 10.2. The third-order valence-corrected chi connectivity index (χ3v) is 6.28. The maximum absolute atomic E-state index is 12.6. The molecular weight excluding hydrogens is 394 g/mol. The van der Waals surface area contributed by atoms with E-state index >= 15 is 0 Å². The van der Waals surface area contributed by atoms with Gasteiger partial charge in [0.25, 0.3) is 5.91 Å². The molecule has 9 heteroatoms. The van der Waals surface area contributed by atoms with Gasteiger partial charge in [0.2, 0.25) is 10.0 Å². The normalized spacial score (nSPS) is 14.2. The van der Waals surface area contributed by atoms with Crippen LogP contribution in [0.4, 0.5) is 5.69 Å². The highest BCUT2D eigenvalue weighted by Gasteiger charge is 2.27. The Balaban J connectivity index is 1.62. The second kappa shape index (κ2) is 8.86. The molecule has 0 saturated carbocycles. The minimum atomic E-state index is -3.65. The second-order valence-electron chi connectivity index (χ2n) is 6.46. The predicted molar refractivity (Wildman–Crippen MR) is 105 cm³/mol. The zero-order valence-electron chi connectivity index (χ0n) is 15.5. The van der Waals surface area contributed by atoms with Gasteiger partial charge in [0.05, 0.1) is 22.1 Å². The Morgan fingerprint density at radius 3 is 2.55 bits per heavy atom. The van der Waals surface area contributed by atoms with Crippen molar-refractivity contribution in [2.45, 2.75) is 17.7 Å². The summed E-state index contributed by atoms with van der Waals surface area (Å²) >= 11 is 0. The molecule has 3 rings (SSSR count). The standard InChI is InChI=1S/C20H19N3O5S/c21-13-15-5-3-7-17(11-15)22-19(24)14-28-20(25)16-6-4-8-18(12-16)29(26,27)23-9-1-2-10-23/h3-8,11-12H,1-2,9-10,14H2,(H,22,24). The number of nitriles is 1. The summed E-state index contributed by atoms with van der Waals surface area (Å²) < 4.78 is 31.6. The van der Waals surface area contributed by atoms with Crippen molar-refractivity contribution < 1.29 is 22.7 Å². The number of nitrogens with zero attached hydrogens (tertiary/aromatic N) is 2. The monoisotopic (exact) mass is 413 g/mol. The van der Waals surface area contributed by atoms with Crippen molar-refractivity contribution in [1.82, 2.24) is 4.31 Å². The van der Waals surface area contributed by atoms with E-state index in [4.69, 9.17) is 10.00 Å². The molecule has 0 unspecified atom stereocenters.